The van der Waals surface area contributed by atoms with E-state index in [9.17, 15) is 53.3 Å². The van der Waals surface area contributed by atoms with Crippen molar-refractivity contribution >= 4 is 65.4 Å². The highest BCUT2D eigenvalue weighted by molar-refractivity contribution is 7.61. The molecule has 10 atom stereocenters. The minimum Gasteiger partial charge on any atom is -0.387 e. The van der Waals surface area contributed by atoms with Gasteiger partial charge >= 0.3 is 31.3 Å². The molecule has 4 aromatic rings. The highest BCUT2D eigenvalue weighted by Gasteiger charge is 2.47. The van der Waals surface area contributed by atoms with Crippen LogP contribution in [0.1, 0.15) is 12.5 Å². The first kappa shape index (κ1) is 42.9. The SMILES string of the molecule is Nc1nc2c(ncn2[C@@H]2O[C@H](COP(=O)(O)OP(=O)(O)O)[C@@H](O)[C@H]2O)c(=O)[nH]1.Nc1ncnc2c1ncn2[C@@H]1O[C@H](COP(=O)(O)OP(=O)(O)O)[C@@H](O)[C@H]1O. The molecule has 6 heterocycles. The van der Waals surface area contributed by atoms with Gasteiger partial charge < -0.3 is 70.7 Å². The van der Waals surface area contributed by atoms with Gasteiger partial charge in [0.15, 0.2) is 35.1 Å². The first-order chi connectivity index (χ1) is 25.4. The van der Waals surface area contributed by atoms with Crippen molar-refractivity contribution in [3.05, 3.63) is 29.3 Å². The number of ether oxygens (including phenoxy) is 2. The van der Waals surface area contributed by atoms with Gasteiger partial charge in [-0.05, 0) is 0 Å². The normalized spacial score (nSPS) is 28.2. The number of phosphoric ester groups is 2. The van der Waals surface area contributed by atoms with E-state index in [0.29, 0.717) is 0 Å². The number of hydrogen-bond donors (Lipinski definition) is 13. The quantitative estimate of drug-likeness (QED) is 0.0600. The maximum atomic E-state index is 11.8. The second-order valence-electron chi connectivity index (χ2n) is 11.1. The van der Waals surface area contributed by atoms with E-state index in [1.54, 1.807) is 0 Å². The average Bonchev–Trinajstić information content (AvgIpc) is 3.79. The monoisotopic (exact) mass is 870 g/mol. The Morgan fingerprint density at radius 3 is 1.62 bits per heavy atom. The van der Waals surface area contributed by atoms with Crippen molar-refractivity contribution in [2.75, 3.05) is 24.7 Å². The third kappa shape index (κ3) is 10.2. The zero-order chi connectivity index (χ0) is 40.8. The fraction of sp³-hybridized carbons (Fsp3) is 0.500. The lowest BCUT2D eigenvalue weighted by Crippen LogP contribution is -2.33. The van der Waals surface area contributed by atoms with Gasteiger partial charge in [-0.25, -0.2) is 38.2 Å². The molecule has 55 heavy (non-hydrogen) atoms. The van der Waals surface area contributed by atoms with Crippen molar-refractivity contribution in [2.45, 2.75) is 49.1 Å². The van der Waals surface area contributed by atoms with Gasteiger partial charge in [-0.15, -0.1) is 0 Å². The molecule has 0 aromatic carbocycles. The van der Waals surface area contributed by atoms with E-state index in [0.717, 1.165) is 17.2 Å². The van der Waals surface area contributed by atoms with Gasteiger partial charge in [0.1, 0.15) is 48.5 Å². The number of H-pyrrole nitrogens is 1. The molecule has 0 spiro atoms. The van der Waals surface area contributed by atoms with Crippen LogP contribution >= 0.6 is 31.3 Å². The summed E-state index contributed by atoms with van der Waals surface area (Å²) in [5.41, 5.74) is 10.8. The Morgan fingerprint density at radius 2 is 1.15 bits per heavy atom. The molecule has 2 aliphatic heterocycles. The van der Waals surface area contributed by atoms with Crippen LogP contribution < -0.4 is 17.0 Å². The molecule has 2 aliphatic rings. The summed E-state index contributed by atoms with van der Waals surface area (Å²) in [4.78, 5) is 86.2. The minimum absolute atomic E-state index is 0.0586. The number of nitrogens with one attached hydrogen (secondary N) is 1. The number of phosphoric acid groups is 4. The molecule has 15 N–H and O–H groups in total. The second kappa shape index (κ2) is 16.0. The Bertz CT molecular complexity index is 2280. The molecule has 0 saturated carbocycles. The summed E-state index contributed by atoms with van der Waals surface area (Å²) in [6.45, 7) is -1.68. The molecule has 2 saturated heterocycles. The van der Waals surface area contributed by atoms with E-state index >= 15 is 0 Å². The maximum absolute atomic E-state index is 11.8. The summed E-state index contributed by atoms with van der Waals surface area (Å²) in [5.74, 6) is -0.148. The number of hydrogen-bond acceptors (Lipinski definition) is 22. The van der Waals surface area contributed by atoms with E-state index in [1.165, 1.54) is 10.9 Å². The summed E-state index contributed by atoms with van der Waals surface area (Å²) in [5, 5.41) is 40.5. The van der Waals surface area contributed by atoms with Crippen LogP contribution in [0.3, 0.4) is 0 Å². The Hall–Kier alpha value is -3.22. The highest BCUT2D eigenvalue weighted by Crippen LogP contribution is 2.58. The molecule has 2 fully saturated rings. The Balaban J connectivity index is 0.000000211. The zero-order valence-corrected chi connectivity index (χ0v) is 30.4. The van der Waals surface area contributed by atoms with E-state index in [4.69, 9.17) is 40.5 Å². The van der Waals surface area contributed by atoms with Crippen LogP contribution in [0.4, 0.5) is 11.8 Å². The third-order valence-corrected chi connectivity index (χ3v) is 11.6. The minimum atomic E-state index is -5.32. The molecule has 0 aliphatic carbocycles. The second-order valence-corrected chi connectivity index (χ2v) is 16.8. The van der Waals surface area contributed by atoms with Crippen LogP contribution in [0.2, 0.25) is 0 Å². The number of aromatic nitrogens is 8. The smallest absolute Gasteiger partial charge is 0.387 e. The predicted molar refractivity (Wildman–Crippen MR) is 172 cm³/mol. The molecule has 2 unspecified atom stereocenters. The third-order valence-electron chi connectivity index (χ3n) is 7.28. The van der Waals surface area contributed by atoms with Gasteiger partial charge in [-0.3, -0.25) is 28.0 Å². The topological polar surface area (TPSA) is 485 Å². The number of anilines is 2. The van der Waals surface area contributed by atoms with Gasteiger partial charge in [0.2, 0.25) is 5.95 Å². The van der Waals surface area contributed by atoms with Crippen LogP contribution in [-0.2, 0) is 45.4 Å². The lowest BCUT2D eigenvalue weighted by Gasteiger charge is -2.17. The number of imidazole rings is 2. The molecule has 35 heteroatoms. The molecule has 306 valence electrons. The number of nitrogen functional groups attached to an aromatic ring is 2. The predicted octanol–water partition coefficient (Wildman–Crippen LogP) is -4.20. The molecule has 4 aromatic heterocycles. The van der Waals surface area contributed by atoms with Gasteiger partial charge in [0.25, 0.3) is 5.56 Å². The summed E-state index contributed by atoms with van der Waals surface area (Å²) in [7, 11) is -20.9. The Morgan fingerprint density at radius 1 is 0.691 bits per heavy atom. The Kier molecular flexibility index (Phi) is 12.5. The van der Waals surface area contributed by atoms with Crippen LogP contribution in [0.5, 0.6) is 0 Å². The first-order valence-electron chi connectivity index (χ1n) is 14.5. The molecule has 6 rings (SSSR count). The number of rotatable bonds is 12. The number of nitrogens with two attached hydrogens (primary N) is 2. The highest BCUT2D eigenvalue weighted by atomic mass is 31.3. The number of aliphatic hydroxyl groups is 4. The summed E-state index contributed by atoms with van der Waals surface area (Å²) in [6, 6.07) is 0. The standard InChI is InChI=1S/C10H15N5O11P2.C10H15N5O10P2/c11-10-13-7-4(8(18)14-10)12-2-15(7)9-6(17)5(16)3(25-9)1-24-28(22,23)26-27(19,20)21;11-8-5-9(13-2-12-8)15(3-14-5)10-7(17)6(16)4(24-10)1-23-27(21,22)25-26(18,19)20/h2-3,5-6,9,16-17H,1H2,(H,22,23)(H2,19,20,21)(H3,11,13,14,18);2-4,6-7,10,16-17H,1H2,(H,21,22)(H2,11,12,13)(H2,18,19,20)/t3-,5-,6-,9-;4-,6-,7-,10-/m11/s1. The lowest BCUT2D eigenvalue weighted by molar-refractivity contribution is -0.0503. The molecular weight excluding hydrogens is 840 g/mol. The van der Waals surface area contributed by atoms with Gasteiger partial charge in [-0.1, -0.05) is 0 Å². The summed E-state index contributed by atoms with van der Waals surface area (Å²) in [6.07, 6.45) is -8.08. The van der Waals surface area contributed by atoms with Gasteiger partial charge in [-0.2, -0.15) is 13.6 Å². The zero-order valence-electron chi connectivity index (χ0n) is 26.8. The van der Waals surface area contributed by atoms with Crippen molar-refractivity contribution in [1.82, 2.24) is 39.0 Å². The summed E-state index contributed by atoms with van der Waals surface area (Å²) >= 11 is 0. The lowest BCUT2D eigenvalue weighted by atomic mass is 10.1. The summed E-state index contributed by atoms with van der Waals surface area (Å²) < 4.78 is 73.4. The number of fused-ring (bicyclic) bond motifs is 2. The van der Waals surface area contributed by atoms with E-state index in [2.05, 4.69) is 47.6 Å². The van der Waals surface area contributed by atoms with Crippen LogP contribution in [0.15, 0.2) is 23.8 Å². The maximum Gasteiger partial charge on any atom is 0.481 e. The van der Waals surface area contributed by atoms with Crippen LogP contribution in [0.25, 0.3) is 22.3 Å². The van der Waals surface area contributed by atoms with E-state index in [-0.39, 0.29) is 34.1 Å². The number of nitrogens with zero attached hydrogens (tertiary/aromatic N) is 7. The molecular formula is C20H30N10O21P4. The van der Waals surface area contributed by atoms with E-state index in [1.807, 2.05) is 0 Å². The average molecular weight is 870 g/mol. The Labute approximate surface area is 302 Å². The van der Waals surface area contributed by atoms with Crippen molar-refractivity contribution in [2.24, 2.45) is 0 Å². The van der Waals surface area contributed by atoms with Crippen molar-refractivity contribution in [1.29, 1.82) is 0 Å². The van der Waals surface area contributed by atoms with Crippen molar-refractivity contribution in [3.8, 4) is 0 Å². The molecule has 0 bridgehead atoms. The fourth-order valence-corrected chi connectivity index (χ4v) is 8.23. The molecule has 0 amide bonds. The van der Waals surface area contributed by atoms with Crippen LogP contribution in [0, 0.1) is 0 Å². The first-order valence-corrected chi connectivity index (χ1v) is 20.6. The van der Waals surface area contributed by atoms with Gasteiger partial charge in [0, 0.05) is 0 Å². The molecule has 0 radical (unpaired) electrons. The number of aromatic amines is 1. The van der Waals surface area contributed by atoms with E-state index < -0.39 is 99.1 Å². The number of aliphatic hydroxyl groups excluding tert-OH is 4. The fourth-order valence-electron chi connectivity index (χ4n) is 5.03. The van der Waals surface area contributed by atoms with Crippen molar-refractivity contribution < 1.29 is 95.2 Å². The molecule has 31 nitrogen and oxygen atoms in total. The largest absolute Gasteiger partial charge is 0.481 e. The van der Waals surface area contributed by atoms with Crippen molar-refractivity contribution in [3.63, 3.8) is 0 Å². The van der Waals surface area contributed by atoms with Gasteiger partial charge in [0.05, 0.1) is 25.9 Å². The van der Waals surface area contributed by atoms with Crippen LogP contribution in [-0.4, -0.2) is 139 Å².